The van der Waals surface area contributed by atoms with Gasteiger partial charge >= 0.3 is 0 Å². The number of rotatable bonds is 5. The van der Waals surface area contributed by atoms with Crippen LogP contribution in [0.5, 0.6) is 0 Å². The van der Waals surface area contributed by atoms with E-state index in [1.165, 1.54) is 19.0 Å². The van der Waals surface area contributed by atoms with Crippen LogP contribution in [0.25, 0.3) is 0 Å². The average molecular weight is 253 g/mol. The second-order valence-electron chi connectivity index (χ2n) is 4.61. The first kappa shape index (κ1) is 12.4. The van der Waals surface area contributed by atoms with E-state index in [4.69, 9.17) is 11.6 Å². The summed E-state index contributed by atoms with van der Waals surface area (Å²) in [7, 11) is 0. The molecule has 3 nitrogen and oxygen atoms in total. The number of hydrogen-bond donors (Lipinski definition) is 1. The third-order valence-electron chi connectivity index (χ3n) is 3.16. The van der Waals surface area contributed by atoms with Crippen LogP contribution in [-0.4, -0.2) is 16.9 Å². The Morgan fingerprint density at radius 2 is 2.41 bits per heavy atom. The molecule has 1 aromatic heterocycles. The van der Waals surface area contributed by atoms with Crippen LogP contribution < -0.4 is 5.32 Å². The van der Waals surface area contributed by atoms with Crippen LogP contribution in [0, 0.1) is 5.92 Å². The molecule has 1 fully saturated rings. The maximum absolute atomic E-state index is 12.0. The fourth-order valence-electron chi connectivity index (χ4n) is 1.89. The average Bonchev–Trinajstić information content (AvgIpc) is 3.12. The van der Waals surface area contributed by atoms with Crippen LogP contribution in [0.4, 0.5) is 0 Å². The van der Waals surface area contributed by atoms with Gasteiger partial charge in [-0.1, -0.05) is 31.4 Å². The van der Waals surface area contributed by atoms with Gasteiger partial charge in [0.2, 0.25) is 0 Å². The molecule has 1 N–H and O–H groups in total. The summed E-state index contributed by atoms with van der Waals surface area (Å²) >= 11 is 5.96. The van der Waals surface area contributed by atoms with Crippen molar-refractivity contribution in [3.63, 3.8) is 0 Å². The fraction of sp³-hybridized carbons (Fsp3) is 0.538. The number of nitrogens with zero attached hydrogens (tertiary/aromatic N) is 1. The highest BCUT2D eigenvalue weighted by molar-refractivity contribution is 6.33. The molecule has 0 saturated heterocycles. The van der Waals surface area contributed by atoms with E-state index >= 15 is 0 Å². The van der Waals surface area contributed by atoms with Crippen molar-refractivity contribution in [1.82, 2.24) is 10.3 Å². The maximum Gasteiger partial charge on any atom is 0.254 e. The zero-order valence-electron chi connectivity index (χ0n) is 9.95. The Morgan fingerprint density at radius 1 is 1.65 bits per heavy atom. The number of nitrogens with one attached hydrogen (secondary N) is 1. The number of amides is 1. The van der Waals surface area contributed by atoms with E-state index in [1.54, 1.807) is 12.3 Å². The molecular weight excluding hydrogens is 236 g/mol. The van der Waals surface area contributed by atoms with Crippen LogP contribution >= 0.6 is 11.6 Å². The Kier molecular flexibility index (Phi) is 4.00. The topological polar surface area (TPSA) is 42.0 Å². The zero-order chi connectivity index (χ0) is 12.3. The molecule has 0 aromatic carbocycles. The second-order valence-corrected chi connectivity index (χ2v) is 5.02. The van der Waals surface area contributed by atoms with Gasteiger partial charge in [-0.25, -0.2) is 0 Å². The highest BCUT2D eigenvalue weighted by Crippen LogP contribution is 2.34. The summed E-state index contributed by atoms with van der Waals surface area (Å²) in [6.07, 6.45) is 7.75. The van der Waals surface area contributed by atoms with Gasteiger partial charge in [0.1, 0.15) is 0 Å². The molecule has 0 bridgehead atoms. The monoisotopic (exact) mass is 252 g/mol. The van der Waals surface area contributed by atoms with Gasteiger partial charge in [-0.3, -0.25) is 9.78 Å². The summed E-state index contributed by atoms with van der Waals surface area (Å²) in [6, 6.07) is 1.89. The smallest absolute Gasteiger partial charge is 0.254 e. The molecule has 1 aliphatic carbocycles. The summed E-state index contributed by atoms with van der Waals surface area (Å²) in [4.78, 5) is 15.9. The lowest BCUT2D eigenvalue weighted by molar-refractivity contribution is 0.0932. The molecule has 1 heterocycles. The molecule has 1 unspecified atom stereocenters. The van der Waals surface area contributed by atoms with Crippen LogP contribution in [0.15, 0.2) is 18.5 Å². The fourth-order valence-corrected chi connectivity index (χ4v) is 2.08. The first-order chi connectivity index (χ1) is 8.20. The molecule has 0 spiro atoms. The first-order valence-electron chi connectivity index (χ1n) is 6.11. The third kappa shape index (κ3) is 3.43. The summed E-state index contributed by atoms with van der Waals surface area (Å²) < 4.78 is 0. The van der Waals surface area contributed by atoms with Crippen molar-refractivity contribution in [2.45, 2.75) is 38.6 Å². The van der Waals surface area contributed by atoms with Crippen molar-refractivity contribution in [1.29, 1.82) is 0 Å². The predicted octanol–water partition coefficient (Wildman–Crippen LogP) is 3.04. The molecule has 1 saturated carbocycles. The third-order valence-corrected chi connectivity index (χ3v) is 3.48. The summed E-state index contributed by atoms with van der Waals surface area (Å²) in [5.74, 6) is 0.695. The van der Waals surface area contributed by atoms with Gasteiger partial charge in [-0.15, -0.1) is 0 Å². The Labute approximate surface area is 107 Å². The number of hydrogen-bond acceptors (Lipinski definition) is 2. The lowest BCUT2D eigenvalue weighted by Gasteiger charge is -2.16. The molecule has 1 atom stereocenters. The van der Waals surface area contributed by atoms with Gasteiger partial charge in [-0.2, -0.15) is 0 Å². The van der Waals surface area contributed by atoms with Crippen molar-refractivity contribution >= 4 is 17.5 Å². The number of halogens is 1. The minimum absolute atomic E-state index is 0.115. The largest absolute Gasteiger partial charge is 0.349 e. The molecule has 1 amide bonds. The molecule has 2 rings (SSSR count). The quantitative estimate of drug-likeness (QED) is 0.875. The first-order valence-corrected chi connectivity index (χ1v) is 6.49. The lowest BCUT2D eigenvalue weighted by Crippen LogP contribution is -2.35. The highest BCUT2D eigenvalue weighted by atomic mass is 35.5. The minimum Gasteiger partial charge on any atom is -0.349 e. The molecule has 0 radical (unpaired) electrons. The van der Waals surface area contributed by atoms with E-state index in [2.05, 4.69) is 17.2 Å². The minimum atomic E-state index is -0.115. The van der Waals surface area contributed by atoms with E-state index in [0.717, 1.165) is 18.8 Å². The van der Waals surface area contributed by atoms with Gasteiger partial charge < -0.3 is 5.32 Å². The molecule has 0 aliphatic heterocycles. The molecule has 17 heavy (non-hydrogen) atoms. The Hall–Kier alpha value is -1.09. The van der Waals surface area contributed by atoms with Crippen molar-refractivity contribution in [2.75, 3.05) is 0 Å². The molecule has 92 valence electrons. The van der Waals surface area contributed by atoms with Gasteiger partial charge in [0.15, 0.2) is 0 Å². The van der Waals surface area contributed by atoms with Crippen LogP contribution in [0.1, 0.15) is 43.0 Å². The van der Waals surface area contributed by atoms with Crippen LogP contribution in [0.3, 0.4) is 0 Å². The molecule has 4 heteroatoms. The second kappa shape index (κ2) is 5.50. The Morgan fingerprint density at radius 3 is 3.00 bits per heavy atom. The summed E-state index contributed by atoms with van der Waals surface area (Å²) in [6.45, 7) is 2.10. The summed E-state index contributed by atoms with van der Waals surface area (Å²) in [5.41, 5.74) is 0.461. The number of pyridine rings is 1. The number of carbonyl (C=O) groups is 1. The predicted molar refractivity (Wildman–Crippen MR) is 68.1 cm³/mol. The van der Waals surface area contributed by atoms with Gasteiger partial charge in [0, 0.05) is 18.4 Å². The van der Waals surface area contributed by atoms with E-state index in [1.807, 2.05) is 0 Å². The molecule has 1 aliphatic rings. The molecular formula is C13H17ClN2O. The number of carbonyl (C=O) groups excluding carboxylic acids is 1. The summed E-state index contributed by atoms with van der Waals surface area (Å²) in [5, 5.41) is 3.49. The normalized spacial score (nSPS) is 16.6. The van der Waals surface area contributed by atoms with Crippen LogP contribution in [-0.2, 0) is 0 Å². The molecule has 1 aromatic rings. The highest BCUT2D eigenvalue weighted by Gasteiger charge is 2.25. The van der Waals surface area contributed by atoms with Gasteiger partial charge in [-0.05, 0) is 24.8 Å². The Balaban J connectivity index is 1.97. The SMILES string of the molecule is CCC(CC1CC1)NC(=O)c1cnccc1Cl. The van der Waals surface area contributed by atoms with Crippen molar-refractivity contribution in [3.05, 3.63) is 29.0 Å². The van der Waals surface area contributed by atoms with E-state index in [-0.39, 0.29) is 11.9 Å². The van der Waals surface area contributed by atoms with Crippen molar-refractivity contribution in [2.24, 2.45) is 5.92 Å². The van der Waals surface area contributed by atoms with Crippen LogP contribution in [0.2, 0.25) is 5.02 Å². The maximum atomic E-state index is 12.0. The van der Waals surface area contributed by atoms with Gasteiger partial charge in [0.25, 0.3) is 5.91 Å². The van der Waals surface area contributed by atoms with Crippen molar-refractivity contribution < 1.29 is 4.79 Å². The van der Waals surface area contributed by atoms with Crippen molar-refractivity contribution in [3.8, 4) is 0 Å². The van der Waals surface area contributed by atoms with E-state index < -0.39 is 0 Å². The van der Waals surface area contributed by atoms with Gasteiger partial charge in [0.05, 0.1) is 10.6 Å². The van der Waals surface area contributed by atoms with E-state index in [9.17, 15) is 4.79 Å². The zero-order valence-corrected chi connectivity index (χ0v) is 10.7. The Bertz CT molecular complexity index is 404. The van der Waals surface area contributed by atoms with E-state index in [0.29, 0.717) is 10.6 Å². The lowest BCUT2D eigenvalue weighted by atomic mass is 10.1. The standard InChI is InChI=1S/C13H17ClN2O/c1-2-10(7-9-3-4-9)16-13(17)11-8-15-6-5-12(11)14/h5-6,8-10H,2-4,7H2,1H3,(H,16,17). The number of aromatic nitrogens is 1.